The summed E-state index contributed by atoms with van der Waals surface area (Å²) in [6.45, 7) is 0.549. The van der Waals surface area contributed by atoms with Crippen LogP contribution in [-0.4, -0.2) is 14.8 Å². The fourth-order valence-corrected chi connectivity index (χ4v) is 1.57. The maximum absolute atomic E-state index is 12.8. The minimum atomic E-state index is -0.225. The predicted octanol–water partition coefficient (Wildman–Crippen LogP) is 2.07. The molecule has 2 rings (SSSR count). The van der Waals surface area contributed by atoms with Gasteiger partial charge in [0.15, 0.2) is 0 Å². The van der Waals surface area contributed by atoms with Gasteiger partial charge in [-0.05, 0) is 17.7 Å². The zero-order chi connectivity index (χ0) is 9.97. The SMILES string of the molecule is Fc1cccc(Cn2cnc(I)n2)c1. The Labute approximate surface area is 94.1 Å². The van der Waals surface area contributed by atoms with Crippen LogP contribution in [0.3, 0.4) is 0 Å². The van der Waals surface area contributed by atoms with Crippen molar-refractivity contribution in [1.82, 2.24) is 14.8 Å². The van der Waals surface area contributed by atoms with E-state index in [-0.39, 0.29) is 5.82 Å². The molecule has 72 valence electrons. The van der Waals surface area contributed by atoms with Gasteiger partial charge in [-0.25, -0.2) is 14.1 Å². The first-order valence-corrected chi connectivity index (χ1v) is 5.11. The van der Waals surface area contributed by atoms with Crippen molar-refractivity contribution in [2.45, 2.75) is 6.54 Å². The van der Waals surface area contributed by atoms with Crippen LogP contribution in [0.2, 0.25) is 0 Å². The molecule has 0 amide bonds. The molecule has 0 aliphatic carbocycles. The van der Waals surface area contributed by atoms with Gasteiger partial charge in [0, 0.05) is 22.6 Å². The molecule has 5 heteroatoms. The van der Waals surface area contributed by atoms with E-state index in [1.165, 1.54) is 12.1 Å². The van der Waals surface area contributed by atoms with Gasteiger partial charge in [0.25, 0.3) is 0 Å². The second-order valence-electron chi connectivity index (χ2n) is 2.84. The van der Waals surface area contributed by atoms with Gasteiger partial charge < -0.3 is 0 Å². The quantitative estimate of drug-likeness (QED) is 0.795. The van der Waals surface area contributed by atoms with Crippen molar-refractivity contribution >= 4 is 22.6 Å². The first kappa shape index (κ1) is 9.57. The second kappa shape index (κ2) is 4.04. The first-order chi connectivity index (χ1) is 6.74. The number of halogens is 2. The molecular formula is C9H7FIN3. The number of hydrogen-bond donors (Lipinski definition) is 0. The molecule has 0 N–H and O–H groups in total. The van der Waals surface area contributed by atoms with Gasteiger partial charge in [-0.2, -0.15) is 0 Å². The smallest absolute Gasteiger partial charge is 0.211 e. The van der Waals surface area contributed by atoms with Crippen molar-refractivity contribution in [1.29, 1.82) is 0 Å². The summed E-state index contributed by atoms with van der Waals surface area (Å²) in [5, 5.41) is 4.11. The van der Waals surface area contributed by atoms with Crippen LogP contribution in [0.5, 0.6) is 0 Å². The highest BCUT2D eigenvalue weighted by Crippen LogP contribution is 2.05. The maximum Gasteiger partial charge on any atom is 0.211 e. The van der Waals surface area contributed by atoms with Gasteiger partial charge in [0.1, 0.15) is 12.1 Å². The largest absolute Gasteiger partial charge is 0.247 e. The van der Waals surface area contributed by atoms with E-state index in [0.717, 1.165) is 5.56 Å². The van der Waals surface area contributed by atoms with E-state index in [0.29, 0.717) is 10.4 Å². The van der Waals surface area contributed by atoms with Crippen molar-refractivity contribution < 1.29 is 4.39 Å². The molecule has 0 aliphatic rings. The van der Waals surface area contributed by atoms with Crippen LogP contribution in [0.4, 0.5) is 4.39 Å². The first-order valence-electron chi connectivity index (χ1n) is 4.03. The molecule has 0 saturated carbocycles. The molecule has 3 nitrogen and oxygen atoms in total. The number of hydrogen-bond acceptors (Lipinski definition) is 2. The number of benzene rings is 1. The summed E-state index contributed by atoms with van der Waals surface area (Å²) in [5.41, 5.74) is 0.881. The lowest BCUT2D eigenvalue weighted by Gasteiger charge is -2.00. The number of aromatic nitrogens is 3. The molecule has 14 heavy (non-hydrogen) atoms. The highest BCUT2D eigenvalue weighted by atomic mass is 127. The van der Waals surface area contributed by atoms with Crippen LogP contribution in [0.15, 0.2) is 30.6 Å². The van der Waals surface area contributed by atoms with Crippen LogP contribution in [0.1, 0.15) is 5.56 Å². The van der Waals surface area contributed by atoms with E-state index < -0.39 is 0 Å². The van der Waals surface area contributed by atoms with Gasteiger partial charge in [0.05, 0.1) is 6.54 Å². The van der Waals surface area contributed by atoms with E-state index in [1.807, 2.05) is 28.7 Å². The maximum atomic E-state index is 12.8. The fraction of sp³-hybridized carbons (Fsp3) is 0.111. The molecule has 2 aromatic rings. The Bertz CT molecular complexity index is 441. The molecule has 0 bridgehead atoms. The Kier molecular flexibility index (Phi) is 2.76. The lowest BCUT2D eigenvalue weighted by Crippen LogP contribution is -2.00. The van der Waals surface area contributed by atoms with Gasteiger partial charge in [-0.15, -0.1) is 5.10 Å². The van der Waals surface area contributed by atoms with Crippen LogP contribution < -0.4 is 0 Å². The van der Waals surface area contributed by atoms with Crippen LogP contribution in [-0.2, 0) is 6.54 Å². The molecule has 1 aromatic heterocycles. The Balaban J connectivity index is 2.18. The Morgan fingerprint density at radius 3 is 2.93 bits per heavy atom. The van der Waals surface area contributed by atoms with Crippen molar-refractivity contribution in [2.24, 2.45) is 0 Å². The fourth-order valence-electron chi connectivity index (χ4n) is 1.17. The van der Waals surface area contributed by atoms with Crippen LogP contribution in [0, 0.1) is 9.65 Å². The van der Waals surface area contributed by atoms with Crippen LogP contribution in [0.25, 0.3) is 0 Å². The standard InChI is InChI=1S/C9H7FIN3/c10-8-3-1-2-7(4-8)5-14-6-12-9(11)13-14/h1-4,6H,5H2. The highest BCUT2D eigenvalue weighted by Gasteiger charge is 1.99. The van der Waals surface area contributed by atoms with Crippen molar-refractivity contribution in [3.05, 3.63) is 45.8 Å². The summed E-state index contributed by atoms with van der Waals surface area (Å²) < 4.78 is 15.2. The lowest BCUT2D eigenvalue weighted by atomic mass is 10.2. The molecule has 0 spiro atoms. The summed E-state index contributed by atoms with van der Waals surface area (Å²) in [7, 11) is 0. The van der Waals surface area contributed by atoms with Gasteiger partial charge in [-0.3, -0.25) is 0 Å². The second-order valence-corrected chi connectivity index (χ2v) is 3.81. The van der Waals surface area contributed by atoms with E-state index in [1.54, 1.807) is 17.1 Å². The number of rotatable bonds is 2. The summed E-state index contributed by atoms with van der Waals surface area (Å²) >= 11 is 2.03. The van der Waals surface area contributed by atoms with Gasteiger partial charge in [0.2, 0.25) is 3.83 Å². The molecule has 1 heterocycles. The van der Waals surface area contributed by atoms with Crippen LogP contribution >= 0.6 is 22.6 Å². The molecule has 0 fully saturated rings. The van der Waals surface area contributed by atoms with E-state index >= 15 is 0 Å². The monoisotopic (exact) mass is 303 g/mol. The van der Waals surface area contributed by atoms with E-state index in [2.05, 4.69) is 10.1 Å². The zero-order valence-corrected chi connectivity index (χ0v) is 9.35. The Morgan fingerprint density at radius 2 is 2.29 bits per heavy atom. The predicted molar refractivity (Wildman–Crippen MR) is 58.2 cm³/mol. The normalized spacial score (nSPS) is 10.4. The third-order valence-electron chi connectivity index (χ3n) is 1.74. The van der Waals surface area contributed by atoms with Crippen molar-refractivity contribution in [3.63, 3.8) is 0 Å². The molecule has 0 aliphatic heterocycles. The zero-order valence-electron chi connectivity index (χ0n) is 7.19. The topological polar surface area (TPSA) is 30.7 Å². The molecule has 0 radical (unpaired) electrons. The number of nitrogens with zero attached hydrogens (tertiary/aromatic N) is 3. The summed E-state index contributed by atoms with van der Waals surface area (Å²) in [6, 6.07) is 6.47. The average molecular weight is 303 g/mol. The highest BCUT2D eigenvalue weighted by molar-refractivity contribution is 14.1. The van der Waals surface area contributed by atoms with Crippen molar-refractivity contribution in [3.8, 4) is 0 Å². The van der Waals surface area contributed by atoms with Crippen molar-refractivity contribution in [2.75, 3.05) is 0 Å². The van der Waals surface area contributed by atoms with E-state index in [4.69, 9.17) is 0 Å². The molecule has 0 atom stereocenters. The van der Waals surface area contributed by atoms with E-state index in [9.17, 15) is 4.39 Å². The molecule has 0 unspecified atom stereocenters. The Morgan fingerprint density at radius 1 is 1.43 bits per heavy atom. The Hall–Kier alpha value is -0.980. The average Bonchev–Trinajstić information content (AvgIpc) is 2.51. The third kappa shape index (κ3) is 2.28. The summed E-state index contributed by atoms with van der Waals surface area (Å²) in [5.74, 6) is -0.225. The molecular weight excluding hydrogens is 296 g/mol. The summed E-state index contributed by atoms with van der Waals surface area (Å²) in [6.07, 6.45) is 1.63. The van der Waals surface area contributed by atoms with Gasteiger partial charge >= 0.3 is 0 Å². The minimum absolute atomic E-state index is 0.225. The minimum Gasteiger partial charge on any atom is -0.247 e. The summed E-state index contributed by atoms with van der Waals surface area (Å²) in [4.78, 5) is 3.98. The molecule has 0 saturated heterocycles. The lowest BCUT2D eigenvalue weighted by molar-refractivity contribution is 0.618. The van der Waals surface area contributed by atoms with Gasteiger partial charge in [-0.1, -0.05) is 12.1 Å². The molecule has 1 aromatic carbocycles. The third-order valence-corrected chi connectivity index (χ3v) is 2.24.